The Morgan fingerprint density at radius 3 is 2.62 bits per heavy atom. The molecule has 5 nitrogen and oxygen atoms in total. The number of rotatable bonds is 4. The van der Waals surface area contributed by atoms with Crippen molar-refractivity contribution in [2.75, 3.05) is 6.61 Å². The average molecular weight is 364 g/mol. The lowest BCUT2D eigenvalue weighted by Crippen LogP contribution is -2.13. The van der Waals surface area contributed by atoms with Gasteiger partial charge in [-0.3, -0.25) is 4.79 Å². The van der Waals surface area contributed by atoms with E-state index in [0.29, 0.717) is 26.5 Å². The van der Waals surface area contributed by atoms with E-state index in [0.717, 1.165) is 11.4 Å². The number of carbonyl (C=O) groups excluding carboxylic acids is 1. The molecule has 3 rings (SSSR count). The smallest absolute Gasteiger partial charge is 0.225 e. The molecule has 1 aromatic carbocycles. The molecule has 0 aliphatic carbocycles. The van der Waals surface area contributed by atoms with Gasteiger partial charge in [0.2, 0.25) is 11.7 Å². The molecule has 0 aliphatic rings. The molecule has 2 aromatic heterocycles. The Morgan fingerprint density at radius 1 is 1.21 bits per heavy atom. The molecule has 7 heteroatoms. The van der Waals surface area contributed by atoms with E-state index in [1.165, 1.54) is 6.33 Å². The van der Waals surface area contributed by atoms with Gasteiger partial charge in [-0.25, -0.2) is 9.97 Å². The third kappa shape index (κ3) is 2.97. The summed E-state index contributed by atoms with van der Waals surface area (Å²) in [6.07, 6.45) is 1.35. The molecule has 0 bridgehead atoms. The van der Waals surface area contributed by atoms with E-state index < -0.39 is 0 Å². The van der Waals surface area contributed by atoms with Crippen LogP contribution in [0.25, 0.3) is 10.9 Å². The van der Waals surface area contributed by atoms with Crippen LogP contribution in [0.1, 0.15) is 21.7 Å². The molecule has 124 valence electrons. The van der Waals surface area contributed by atoms with Crippen molar-refractivity contribution in [1.82, 2.24) is 14.5 Å². The molecule has 3 aromatic rings. The molecule has 0 amide bonds. The van der Waals surface area contributed by atoms with Crippen LogP contribution < -0.4 is 4.74 Å². The predicted octanol–water partition coefficient (Wildman–Crippen LogP) is 4.15. The minimum absolute atomic E-state index is 0.115. The number of hydrogen-bond donors (Lipinski definition) is 0. The van der Waals surface area contributed by atoms with Crippen LogP contribution in [0, 0.1) is 13.8 Å². The van der Waals surface area contributed by atoms with Gasteiger partial charge in [0.05, 0.1) is 15.9 Å². The highest BCUT2D eigenvalue weighted by molar-refractivity contribution is 6.38. The van der Waals surface area contributed by atoms with Crippen LogP contribution in [0.4, 0.5) is 0 Å². The second kappa shape index (κ2) is 6.42. The van der Waals surface area contributed by atoms with Gasteiger partial charge in [0, 0.05) is 29.0 Å². The Labute approximate surface area is 149 Å². The Balaban J connectivity index is 1.88. The average Bonchev–Trinajstić information content (AvgIpc) is 2.80. The molecule has 0 fully saturated rings. The quantitative estimate of drug-likeness (QED) is 0.653. The fraction of sp³-hybridized carbons (Fsp3) is 0.235. The highest BCUT2D eigenvalue weighted by atomic mass is 35.5. The zero-order valence-corrected chi connectivity index (χ0v) is 14.9. The number of aromatic nitrogens is 3. The topological polar surface area (TPSA) is 57.0 Å². The van der Waals surface area contributed by atoms with E-state index in [1.807, 2.05) is 31.5 Å². The van der Waals surface area contributed by atoms with E-state index in [-0.39, 0.29) is 18.3 Å². The molecule has 0 saturated heterocycles. The SMILES string of the molecule is Cc1cc(C(=O)COc2ncnc3c(Cl)cc(Cl)cc23)c(C)n1C. The number of fused-ring (bicyclic) bond motifs is 1. The van der Waals surface area contributed by atoms with Gasteiger partial charge in [0.1, 0.15) is 6.33 Å². The summed E-state index contributed by atoms with van der Waals surface area (Å²) in [4.78, 5) is 20.7. The Hall–Kier alpha value is -2.11. The molecular weight excluding hydrogens is 349 g/mol. The Kier molecular flexibility index (Phi) is 4.47. The predicted molar refractivity (Wildman–Crippen MR) is 94.3 cm³/mol. The first-order valence-electron chi connectivity index (χ1n) is 7.27. The number of Topliss-reactive ketones (excluding diaryl/α,β-unsaturated/α-hetero) is 1. The van der Waals surface area contributed by atoms with Crippen molar-refractivity contribution in [3.63, 3.8) is 0 Å². The van der Waals surface area contributed by atoms with Crippen molar-refractivity contribution >= 4 is 39.9 Å². The van der Waals surface area contributed by atoms with Crippen LogP contribution in [-0.2, 0) is 7.05 Å². The lowest BCUT2D eigenvalue weighted by atomic mass is 10.1. The number of ether oxygens (including phenoxy) is 1. The van der Waals surface area contributed by atoms with Crippen LogP contribution in [0.15, 0.2) is 24.5 Å². The lowest BCUT2D eigenvalue weighted by Gasteiger charge is -2.08. The van der Waals surface area contributed by atoms with Gasteiger partial charge in [-0.05, 0) is 32.0 Å². The number of aryl methyl sites for hydroxylation is 1. The summed E-state index contributed by atoms with van der Waals surface area (Å²) in [6.45, 7) is 3.73. The molecule has 0 saturated carbocycles. The maximum absolute atomic E-state index is 12.4. The van der Waals surface area contributed by atoms with Crippen molar-refractivity contribution in [1.29, 1.82) is 0 Å². The highest BCUT2D eigenvalue weighted by Crippen LogP contribution is 2.30. The first-order valence-corrected chi connectivity index (χ1v) is 8.02. The molecule has 24 heavy (non-hydrogen) atoms. The summed E-state index contributed by atoms with van der Waals surface area (Å²) in [6, 6.07) is 5.12. The van der Waals surface area contributed by atoms with E-state index >= 15 is 0 Å². The van der Waals surface area contributed by atoms with Gasteiger partial charge in [-0.1, -0.05) is 23.2 Å². The Morgan fingerprint density at radius 2 is 1.96 bits per heavy atom. The van der Waals surface area contributed by atoms with Crippen molar-refractivity contribution in [2.45, 2.75) is 13.8 Å². The summed E-state index contributed by atoms with van der Waals surface area (Å²) in [5.41, 5.74) is 3.09. The minimum Gasteiger partial charge on any atom is -0.469 e. The monoisotopic (exact) mass is 363 g/mol. The summed E-state index contributed by atoms with van der Waals surface area (Å²) in [5, 5.41) is 1.43. The van der Waals surface area contributed by atoms with Crippen molar-refractivity contribution in [3.8, 4) is 5.88 Å². The fourth-order valence-electron chi connectivity index (χ4n) is 2.53. The van der Waals surface area contributed by atoms with Gasteiger partial charge in [0.15, 0.2) is 6.61 Å². The number of nitrogens with zero attached hydrogens (tertiary/aromatic N) is 3. The largest absolute Gasteiger partial charge is 0.469 e. The number of ketones is 1. The number of carbonyl (C=O) groups is 1. The van der Waals surface area contributed by atoms with Gasteiger partial charge >= 0.3 is 0 Å². The number of hydrogen-bond acceptors (Lipinski definition) is 4. The first-order chi connectivity index (χ1) is 11.4. The van der Waals surface area contributed by atoms with E-state index in [2.05, 4.69) is 9.97 Å². The van der Waals surface area contributed by atoms with Crippen LogP contribution in [-0.4, -0.2) is 26.9 Å². The Bertz CT molecular complexity index is 951. The summed E-state index contributed by atoms with van der Waals surface area (Å²) in [5.74, 6) is 0.166. The van der Waals surface area contributed by atoms with Gasteiger partial charge in [-0.2, -0.15) is 0 Å². The summed E-state index contributed by atoms with van der Waals surface area (Å²) < 4.78 is 7.59. The minimum atomic E-state index is -0.124. The van der Waals surface area contributed by atoms with Crippen LogP contribution in [0.2, 0.25) is 10.0 Å². The molecule has 0 N–H and O–H groups in total. The standard InChI is InChI=1S/C17H15Cl2N3O2/c1-9-4-12(10(2)22(9)3)15(23)7-24-17-13-5-11(18)6-14(19)16(13)20-8-21-17/h4-6,8H,7H2,1-3H3. The van der Waals surface area contributed by atoms with Gasteiger partial charge < -0.3 is 9.30 Å². The third-order valence-corrected chi connectivity index (χ3v) is 4.54. The number of benzene rings is 1. The van der Waals surface area contributed by atoms with Crippen molar-refractivity contribution in [3.05, 3.63) is 51.5 Å². The normalized spacial score (nSPS) is 11.0. The second-order valence-corrected chi connectivity index (χ2v) is 6.36. The molecular formula is C17H15Cl2N3O2. The van der Waals surface area contributed by atoms with Crippen molar-refractivity contribution in [2.24, 2.45) is 7.05 Å². The highest BCUT2D eigenvalue weighted by Gasteiger charge is 2.16. The molecule has 0 radical (unpaired) electrons. The maximum Gasteiger partial charge on any atom is 0.225 e. The van der Waals surface area contributed by atoms with Crippen LogP contribution >= 0.6 is 23.2 Å². The van der Waals surface area contributed by atoms with Crippen molar-refractivity contribution < 1.29 is 9.53 Å². The zero-order chi connectivity index (χ0) is 17.4. The molecule has 0 unspecified atom stereocenters. The first kappa shape index (κ1) is 16.7. The molecule has 0 aliphatic heterocycles. The van der Waals surface area contributed by atoms with Crippen LogP contribution in [0.5, 0.6) is 5.88 Å². The molecule has 2 heterocycles. The summed E-state index contributed by atoms with van der Waals surface area (Å²) in [7, 11) is 1.92. The molecule has 0 atom stereocenters. The second-order valence-electron chi connectivity index (χ2n) is 5.52. The van der Waals surface area contributed by atoms with E-state index in [1.54, 1.807) is 12.1 Å². The van der Waals surface area contributed by atoms with E-state index in [9.17, 15) is 4.79 Å². The van der Waals surface area contributed by atoms with Gasteiger partial charge in [0.25, 0.3) is 0 Å². The molecule has 0 spiro atoms. The lowest BCUT2D eigenvalue weighted by molar-refractivity contribution is 0.0918. The summed E-state index contributed by atoms with van der Waals surface area (Å²) >= 11 is 12.2. The zero-order valence-electron chi connectivity index (χ0n) is 13.4. The maximum atomic E-state index is 12.4. The van der Waals surface area contributed by atoms with E-state index in [4.69, 9.17) is 27.9 Å². The fourth-order valence-corrected chi connectivity index (χ4v) is 3.08. The van der Waals surface area contributed by atoms with Crippen LogP contribution in [0.3, 0.4) is 0 Å². The number of halogens is 2. The van der Waals surface area contributed by atoms with Gasteiger partial charge in [-0.15, -0.1) is 0 Å². The third-order valence-electron chi connectivity index (χ3n) is 4.04.